The number of nitrogens with zero attached hydrogens (tertiary/aromatic N) is 1. The average molecular weight is 313 g/mol. The molecule has 0 saturated carbocycles. The summed E-state index contributed by atoms with van der Waals surface area (Å²) in [6.45, 7) is 4.75. The minimum atomic E-state index is 0. The van der Waals surface area contributed by atoms with Crippen LogP contribution < -0.4 is 10.1 Å². The molecule has 1 aliphatic heterocycles. The van der Waals surface area contributed by atoms with Gasteiger partial charge in [-0.25, -0.2) is 0 Å². The van der Waals surface area contributed by atoms with Gasteiger partial charge in [0.1, 0.15) is 5.75 Å². The predicted octanol–water partition coefficient (Wildman–Crippen LogP) is 2.72. The third-order valence-electron chi connectivity index (χ3n) is 3.77. The second kappa shape index (κ2) is 8.90. The van der Waals surface area contributed by atoms with E-state index in [4.69, 9.17) is 4.74 Å². The van der Waals surface area contributed by atoms with Crippen molar-refractivity contribution in [2.75, 3.05) is 26.7 Å². The number of halogens is 1. The molecule has 1 heterocycles. The number of carbonyl (C=O) groups is 1. The number of likely N-dealkylation sites (N-methyl/N-ethyl adjacent to an activating group) is 1. The summed E-state index contributed by atoms with van der Waals surface area (Å²) in [5, 5.41) is 3.28. The molecule has 1 fully saturated rings. The van der Waals surface area contributed by atoms with Crippen molar-refractivity contribution in [2.45, 2.75) is 32.2 Å². The summed E-state index contributed by atoms with van der Waals surface area (Å²) < 4.78 is 5.61. The van der Waals surface area contributed by atoms with Crippen LogP contribution in [0.25, 0.3) is 0 Å². The van der Waals surface area contributed by atoms with Crippen LogP contribution in [-0.4, -0.2) is 43.6 Å². The summed E-state index contributed by atoms with van der Waals surface area (Å²) in [4.78, 5) is 14.2. The molecular weight excluding hydrogens is 288 g/mol. The van der Waals surface area contributed by atoms with Crippen molar-refractivity contribution in [3.8, 4) is 5.75 Å². The lowest BCUT2D eigenvalue weighted by Gasteiger charge is -2.23. The van der Waals surface area contributed by atoms with Crippen LogP contribution in [0.5, 0.6) is 5.75 Å². The van der Waals surface area contributed by atoms with E-state index in [0.29, 0.717) is 6.04 Å². The standard InChI is InChI=1S/C16H24N2O2.ClH/c1-3-4-11-20-15-7-5-13(6-8-15)16(19)18(2)14-9-10-17-12-14;/h5-8,14,17H,3-4,9-12H2,1-2H3;1H. The lowest BCUT2D eigenvalue weighted by atomic mass is 10.1. The summed E-state index contributed by atoms with van der Waals surface area (Å²) in [7, 11) is 1.88. The van der Waals surface area contributed by atoms with E-state index in [1.54, 1.807) is 0 Å². The van der Waals surface area contributed by atoms with Crippen LogP contribution in [0.15, 0.2) is 24.3 Å². The first-order valence-corrected chi connectivity index (χ1v) is 7.43. The lowest BCUT2D eigenvalue weighted by Crippen LogP contribution is -2.38. The van der Waals surface area contributed by atoms with Crippen molar-refractivity contribution in [3.63, 3.8) is 0 Å². The van der Waals surface area contributed by atoms with Gasteiger partial charge in [0, 0.05) is 25.2 Å². The Balaban J connectivity index is 0.00000220. The molecule has 4 nitrogen and oxygen atoms in total. The highest BCUT2D eigenvalue weighted by Crippen LogP contribution is 2.16. The molecule has 5 heteroatoms. The van der Waals surface area contributed by atoms with Crippen LogP contribution >= 0.6 is 12.4 Å². The van der Waals surface area contributed by atoms with E-state index in [2.05, 4.69) is 12.2 Å². The maximum Gasteiger partial charge on any atom is 0.253 e. The van der Waals surface area contributed by atoms with Crippen molar-refractivity contribution in [1.29, 1.82) is 0 Å². The van der Waals surface area contributed by atoms with Crippen LogP contribution in [0.4, 0.5) is 0 Å². The summed E-state index contributed by atoms with van der Waals surface area (Å²) in [5.41, 5.74) is 0.724. The molecule has 1 N–H and O–H groups in total. The SMILES string of the molecule is CCCCOc1ccc(C(=O)N(C)C2CCNC2)cc1.Cl. The molecule has 0 radical (unpaired) electrons. The van der Waals surface area contributed by atoms with Crippen LogP contribution in [0.2, 0.25) is 0 Å². The minimum Gasteiger partial charge on any atom is -0.494 e. The van der Waals surface area contributed by atoms with Crippen LogP contribution in [0.3, 0.4) is 0 Å². The van der Waals surface area contributed by atoms with Gasteiger partial charge < -0.3 is 15.0 Å². The number of amides is 1. The number of hydrogen-bond donors (Lipinski definition) is 1. The number of hydrogen-bond acceptors (Lipinski definition) is 3. The first-order valence-electron chi connectivity index (χ1n) is 7.43. The molecule has 0 aromatic heterocycles. The Morgan fingerprint density at radius 3 is 2.67 bits per heavy atom. The van der Waals surface area contributed by atoms with E-state index < -0.39 is 0 Å². The van der Waals surface area contributed by atoms with Crippen LogP contribution in [-0.2, 0) is 0 Å². The zero-order chi connectivity index (χ0) is 14.4. The van der Waals surface area contributed by atoms with Gasteiger partial charge in [0.2, 0.25) is 0 Å². The van der Waals surface area contributed by atoms with Crippen molar-refractivity contribution in [3.05, 3.63) is 29.8 Å². The first kappa shape index (κ1) is 17.8. The maximum absolute atomic E-state index is 12.4. The van der Waals surface area contributed by atoms with Crippen LogP contribution in [0, 0.1) is 0 Å². The molecule has 1 aromatic carbocycles. The second-order valence-corrected chi connectivity index (χ2v) is 5.29. The third-order valence-corrected chi connectivity index (χ3v) is 3.77. The quantitative estimate of drug-likeness (QED) is 0.821. The highest BCUT2D eigenvalue weighted by molar-refractivity contribution is 5.94. The van der Waals surface area contributed by atoms with E-state index >= 15 is 0 Å². The largest absolute Gasteiger partial charge is 0.494 e. The molecule has 118 valence electrons. The van der Waals surface area contributed by atoms with E-state index in [-0.39, 0.29) is 18.3 Å². The Morgan fingerprint density at radius 2 is 2.10 bits per heavy atom. The van der Waals surface area contributed by atoms with Crippen molar-refractivity contribution >= 4 is 18.3 Å². The molecule has 1 unspecified atom stereocenters. The number of nitrogens with one attached hydrogen (secondary N) is 1. The number of rotatable bonds is 6. The molecule has 0 aliphatic carbocycles. The molecule has 1 atom stereocenters. The summed E-state index contributed by atoms with van der Waals surface area (Å²) in [5.74, 6) is 0.916. The number of benzene rings is 1. The molecular formula is C16H25ClN2O2. The van der Waals surface area contributed by atoms with E-state index in [1.807, 2.05) is 36.2 Å². The van der Waals surface area contributed by atoms with Gasteiger partial charge in [0.25, 0.3) is 5.91 Å². The molecule has 1 aliphatic rings. The zero-order valence-electron chi connectivity index (χ0n) is 12.8. The van der Waals surface area contributed by atoms with Crippen LogP contribution in [0.1, 0.15) is 36.5 Å². The van der Waals surface area contributed by atoms with Gasteiger partial charge in [-0.3, -0.25) is 4.79 Å². The molecule has 21 heavy (non-hydrogen) atoms. The maximum atomic E-state index is 12.4. The highest BCUT2D eigenvalue weighted by Gasteiger charge is 2.23. The zero-order valence-corrected chi connectivity index (χ0v) is 13.6. The lowest BCUT2D eigenvalue weighted by molar-refractivity contribution is 0.0744. The fourth-order valence-corrected chi connectivity index (χ4v) is 2.37. The molecule has 1 saturated heterocycles. The molecule has 1 amide bonds. The second-order valence-electron chi connectivity index (χ2n) is 5.29. The van der Waals surface area contributed by atoms with Crippen molar-refractivity contribution < 1.29 is 9.53 Å². The summed E-state index contributed by atoms with van der Waals surface area (Å²) >= 11 is 0. The molecule has 1 aromatic rings. The topological polar surface area (TPSA) is 41.6 Å². The Kier molecular flexibility index (Phi) is 7.54. The third kappa shape index (κ3) is 4.90. The van der Waals surface area contributed by atoms with Gasteiger partial charge in [-0.2, -0.15) is 0 Å². The first-order chi connectivity index (χ1) is 9.72. The van der Waals surface area contributed by atoms with Gasteiger partial charge in [0.05, 0.1) is 6.61 Å². The Bertz CT molecular complexity index is 430. The average Bonchev–Trinajstić information content (AvgIpc) is 3.01. The highest BCUT2D eigenvalue weighted by atomic mass is 35.5. The monoisotopic (exact) mass is 312 g/mol. The van der Waals surface area contributed by atoms with E-state index in [0.717, 1.165) is 50.3 Å². The van der Waals surface area contributed by atoms with Crippen molar-refractivity contribution in [2.24, 2.45) is 0 Å². The van der Waals surface area contributed by atoms with E-state index in [9.17, 15) is 4.79 Å². The Labute approximate surface area is 133 Å². The molecule has 2 rings (SSSR count). The fourth-order valence-electron chi connectivity index (χ4n) is 2.37. The van der Waals surface area contributed by atoms with E-state index in [1.165, 1.54) is 0 Å². The fraction of sp³-hybridized carbons (Fsp3) is 0.562. The number of unbranched alkanes of at least 4 members (excludes halogenated alkanes) is 1. The smallest absolute Gasteiger partial charge is 0.253 e. The Morgan fingerprint density at radius 1 is 1.38 bits per heavy atom. The van der Waals surface area contributed by atoms with Gasteiger partial charge in [-0.15, -0.1) is 12.4 Å². The molecule has 0 spiro atoms. The minimum absolute atomic E-state index is 0. The molecule has 0 bridgehead atoms. The van der Waals surface area contributed by atoms with Gasteiger partial charge in [-0.1, -0.05) is 13.3 Å². The number of carbonyl (C=O) groups excluding carboxylic acids is 1. The van der Waals surface area contributed by atoms with Crippen molar-refractivity contribution in [1.82, 2.24) is 10.2 Å². The summed E-state index contributed by atoms with van der Waals surface area (Å²) in [6, 6.07) is 7.76. The normalized spacial score (nSPS) is 17.1. The van der Waals surface area contributed by atoms with Gasteiger partial charge in [0.15, 0.2) is 0 Å². The predicted molar refractivity (Wildman–Crippen MR) is 87.5 cm³/mol. The number of ether oxygens (including phenoxy) is 1. The summed E-state index contributed by atoms with van der Waals surface area (Å²) in [6.07, 6.45) is 3.20. The Hall–Kier alpha value is -1.26. The van der Waals surface area contributed by atoms with Gasteiger partial charge in [-0.05, 0) is 43.7 Å². The van der Waals surface area contributed by atoms with Gasteiger partial charge >= 0.3 is 0 Å².